The fourth-order valence-corrected chi connectivity index (χ4v) is 1.76. The number of nitrogens with one attached hydrogen (secondary N) is 1. The van der Waals surface area contributed by atoms with Crippen LogP contribution in [-0.2, 0) is 0 Å². The van der Waals surface area contributed by atoms with Crippen molar-refractivity contribution in [3.8, 4) is 0 Å². The Morgan fingerprint density at radius 1 is 1.62 bits per heavy atom. The van der Waals surface area contributed by atoms with Gasteiger partial charge in [-0.1, -0.05) is 6.42 Å². The minimum Gasteiger partial charge on any atom is -0.351 e. The van der Waals surface area contributed by atoms with Crippen LogP contribution in [-0.4, -0.2) is 36.6 Å². The second-order valence-electron chi connectivity index (χ2n) is 3.75. The molecule has 76 valence electrons. The van der Waals surface area contributed by atoms with E-state index in [0.717, 1.165) is 13.0 Å². The van der Waals surface area contributed by atoms with Crippen molar-refractivity contribution >= 4 is 6.03 Å². The van der Waals surface area contributed by atoms with Crippen molar-refractivity contribution in [2.24, 2.45) is 5.73 Å². The molecule has 0 bridgehead atoms. The predicted octanol–water partition coefficient (Wildman–Crippen LogP) is 0.528. The molecule has 4 nitrogen and oxygen atoms in total. The SMILES string of the molecule is CC(C1CCCCN1)N(C)C(N)=O. The van der Waals surface area contributed by atoms with Crippen LogP contribution in [0.1, 0.15) is 26.2 Å². The second-order valence-corrected chi connectivity index (χ2v) is 3.75. The van der Waals surface area contributed by atoms with Crippen LogP contribution >= 0.6 is 0 Å². The molecule has 2 atom stereocenters. The van der Waals surface area contributed by atoms with Gasteiger partial charge in [-0.05, 0) is 26.3 Å². The number of urea groups is 1. The van der Waals surface area contributed by atoms with Crippen molar-refractivity contribution in [2.75, 3.05) is 13.6 Å². The van der Waals surface area contributed by atoms with Crippen molar-refractivity contribution < 1.29 is 4.79 Å². The Balaban J connectivity index is 2.44. The van der Waals surface area contributed by atoms with Crippen LogP contribution < -0.4 is 11.1 Å². The fourth-order valence-electron chi connectivity index (χ4n) is 1.76. The van der Waals surface area contributed by atoms with Crippen LogP contribution in [0.3, 0.4) is 0 Å². The zero-order valence-electron chi connectivity index (χ0n) is 8.42. The van der Waals surface area contributed by atoms with Crippen molar-refractivity contribution in [1.29, 1.82) is 0 Å². The van der Waals surface area contributed by atoms with Gasteiger partial charge in [-0.25, -0.2) is 4.79 Å². The molecule has 1 saturated heterocycles. The highest BCUT2D eigenvalue weighted by Crippen LogP contribution is 2.13. The van der Waals surface area contributed by atoms with E-state index >= 15 is 0 Å². The van der Waals surface area contributed by atoms with Crippen LogP contribution in [0.2, 0.25) is 0 Å². The average molecular weight is 185 g/mol. The lowest BCUT2D eigenvalue weighted by Crippen LogP contribution is -2.52. The van der Waals surface area contributed by atoms with Gasteiger partial charge in [0.2, 0.25) is 0 Å². The first-order chi connectivity index (χ1) is 6.13. The van der Waals surface area contributed by atoms with E-state index in [1.54, 1.807) is 11.9 Å². The van der Waals surface area contributed by atoms with Gasteiger partial charge in [0.05, 0.1) is 0 Å². The van der Waals surface area contributed by atoms with E-state index in [9.17, 15) is 4.79 Å². The zero-order valence-corrected chi connectivity index (χ0v) is 8.42. The fraction of sp³-hybridized carbons (Fsp3) is 0.889. The summed E-state index contributed by atoms with van der Waals surface area (Å²) in [5, 5.41) is 3.41. The first-order valence-electron chi connectivity index (χ1n) is 4.88. The van der Waals surface area contributed by atoms with E-state index in [4.69, 9.17) is 5.73 Å². The standard InChI is InChI=1S/C9H19N3O/c1-7(12(2)9(10)13)8-5-3-4-6-11-8/h7-8,11H,3-6H2,1-2H3,(H2,10,13). The topological polar surface area (TPSA) is 58.4 Å². The van der Waals surface area contributed by atoms with Gasteiger partial charge in [0, 0.05) is 19.1 Å². The highest BCUT2D eigenvalue weighted by Gasteiger charge is 2.24. The Bertz CT molecular complexity index is 178. The third-order valence-corrected chi connectivity index (χ3v) is 2.89. The first-order valence-corrected chi connectivity index (χ1v) is 4.88. The number of primary amides is 1. The molecule has 0 aromatic carbocycles. The molecule has 4 heteroatoms. The molecular weight excluding hydrogens is 166 g/mol. The number of likely N-dealkylation sites (N-methyl/N-ethyl adjacent to an activating group) is 1. The minimum absolute atomic E-state index is 0.192. The van der Waals surface area contributed by atoms with Gasteiger partial charge in [0.1, 0.15) is 0 Å². The van der Waals surface area contributed by atoms with E-state index < -0.39 is 0 Å². The predicted molar refractivity (Wildman–Crippen MR) is 52.5 cm³/mol. The van der Waals surface area contributed by atoms with Crippen molar-refractivity contribution in [3.05, 3.63) is 0 Å². The Morgan fingerprint density at radius 3 is 2.77 bits per heavy atom. The van der Waals surface area contributed by atoms with E-state index in [1.807, 2.05) is 6.92 Å². The summed E-state index contributed by atoms with van der Waals surface area (Å²) in [6.07, 6.45) is 3.62. The Hall–Kier alpha value is -0.770. The third kappa shape index (κ3) is 2.59. The molecule has 0 aromatic rings. The van der Waals surface area contributed by atoms with E-state index in [-0.39, 0.29) is 12.1 Å². The molecule has 2 amide bonds. The number of hydrogen-bond donors (Lipinski definition) is 2. The second kappa shape index (κ2) is 4.46. The van der Waals surface area contributed by atoms with Crippen LogP contribution in [0.25, 0.3) is 0 Å². The van der Waals surface area contributed by atoms with Crippen LogP contribution in [0.4, 0.5) is 4.79 Å². The maximum Gasteiger partial charge on any atom is 0.314 e. The number of nitrogens with zero attached hydrogens (tertiary/aromatic N) is 1. The van der Waals surface area contributed by atoms with Crippen molar-refractivity contribution in [2.45, 2.75) is 38.3 Å². The molecule has 3 N–H and O–H groups in total. The summed E-state index contributed by atoms with van der Waals surface area (Å²) in [7, 11) is 1.75. The number of nitrogens with two attached hydrogens (primary N) is 1. The molecule has 0 radical (unpaired) electrons. The summed E-state index contributed by atoms with van der Waals surface area (Å²) in [6.45, 7) is 3.09. The quantitative estimate of drug-likeness (QED) is 0.659. The lowest BCUT2D eigenvalue weighted by atomic mass is 9.98. The summed E-state index contributed by atoms with van der Waals surface area (Å²) < 4.78 is 0. The summed E-state index contributed by atoms with van der Waals surface area (Å²) in [6, 6.07) is 0.254. The molecule has 0 saturated carbocycles. The van der Waals surface area contributed by atoms with Gasteiger partial charge in [0.25, 0.3) is 0 Å². The summed E-state index contributed by atoms with van der Waals surface area (Å²) >= 11 is 0. The number of piperidine rings is 1. The molecular formula is C9H19N3O. The smallest absolute Gasteiger partial charge is 0.314 e. The summed E-state index contributed by atoms with van der Waals surface area (Å²) in [5.74, 6) is 0. The van der Waals surface area contributed by atoms with Gasteiger partial charge in [-0.15, -0.1) is 0 Å². The maximum absolute atomic E-state index is 10.9. The normalized spacial score (nSPS) is 25.2. The van der Waals surface area contributed by atoms with Gasteiger partial charge in [0.15, 0.2) is 0 Å². The molecule has 0 aromatic heterocycles. The highest BCUT2D eigenvalue weighted by atomic mass is 16.2. The molecule has 1 rings (SSSR count). The van der Waals surface area contributed by atoms with Gasteiger partial charge in [-0.2, -0.15) is 0 Å². The number of amides is 2. The lowest BCUT2D eigenvalue weighted by Gasteiger charge is -2.34. The molecule has 13 heavy (non-hydrogen) atoms. The number of carbonyl (C=O) groups is 1. The van der Waals surface area contributed by atoms with Gasteiger partial charge < -0.3 is 16.0 Å². The van der Waals surface area contributed by atoms with Crippen LogP contribution in [0, 0.1) is 0 Å². The minimum atomic E-state index is -0.347. The number of rotatable bonds is 2. The van der Waals surface area contributed by atoms with Gasteiger partial charge >= 0.3 is 6.03 Å². The van der Waals surface area contributed by atoms with Crippen LogP contribution in [0.15, 0.2) is 0 Å². The zero-order chi connectivity index (χ0) is 9.84. The monoisotopic (exact) mass is 185 g/mol. The van der Waals surface area contributed by atoms with E-state index in [0.29, 0.717) is 6.04 Å². The molecule has 0 spiro atoms. The van der Waals surface area contributed by atoms with E-state index in [2.05, 4.69) is 5.32 Å². The van der Waals surface area contributed by atoms with Crippen LogP contribution in [0.5, 0.6) is 0 Å². The number of hydrogen-bond acceptors (Lipinski definition) is 2. The van der Waals surface area contributed by atoms with Crippen molar-refractivity contribution in [1.82, 2.24) is 10.2 Å². The first kappa shape index (κ1) is 10.3. The summed E-state index contributed by atoms with van der Waals surface area (Å²) in [4.78, 5) is 12.5. The molecule has 1 aliphatic heterocycles. The Labute approximate surface area is 79.5 Å². The number of carbonyl (C=O) groups excluding carboxylic acids is 1. The average Bonchev–Trinajstić information content (AvgIpc) is 2.17. The van der Waals surface area contributed by atoms with Crippen molar-refractivity contribution in [3.63, 3.8) is 0 Å². The van der Waals surface area contributed by atoms with E-state index in [1.165, 1.54) is 12.8 Å². The third-order valence-electron chi connectivity index (χ3n) is 2.89. The summed E-state index contributed by atoms with van der Waals surface area (Å²) in [5.41, 5.74) is 5.20. The van der Waals surface area contributed by atoms with Gasteiger partial charge in [-0.3, -0.25) is 0 Å². The highest BCUT2D eigenvalue weighted by molar-refractivity contribution is 5.72. The molecule has 1 fully saturated rings. The molecule has 0 aliphatic carbocycles. The Morgan fingerprint density at radius 2 is 2.31 bits per heavy atom. The maximum atomic E-state index is 10.9. The largest absolute Gasteiger partial charge is 0.351 e. The molecule has 1 heterocycles. The molecule has 1 aliphatic rings. The lowest BCUT2D eigenvalue weighted by molar-refractivity contribution is 0.180. The Kier molecular flexibility index (Phi) is 3.54. The molecule has 2 unspecified atom stereocenters.